The molecule has 0 spiro atoms. The quantitative estimate of drug-likeness (QED) is 0.765. The highest BCUT2D eigenvalue weighted by atomic mass is 16.3. The molecule has 0 amide bonds. The highest BCUT2D eigenvalue weighted by Crippen LogP contribution is 2.36. The molecular formula is C17H33NO. The molecule has 2 heteroatoms. The van der Waals surface area contributed by atoms with Gasteiger partial charge in [0.25, 0.3) is 0 Å². The zero-order valence-electron chi connectivity index (χ0n) is 12.8. The summed E-state index contributed by atoms with van der Waals surface area (Å²) in [6.45, 7) is 3.73. The van der Waals surface area contributed by atoms with Gasteiger partial charge >= 0.3 is 0 Å². The molecule has 2 fully saturated rings. The third-order valence-electron chi connectivity index (χ3n) is 5.56. The van der Waals surface area contributed by atoms with Crippen LogP contribution in [0.25, 0.3) is 0 Å². The lowest BCUT2D eigenvalue weighted by Crippen LogP contribution is -2.44. The fourth-order valence-corrected chi connectivity index (χ4v) is 4.12. The maximum Gasteiger partial charge on any atom is 0.0499 e. The number of hydrogen-bond donors (Lipinski definition) is 2. The SMILES string of the molecule is CCCC1CCC(NCC2(CO)CCCCC2)CC1. The van der Waals surface area contributed by atoms with Crippen molar-refractivity contribution in [1.29, 1.82) is 0 Å². The molecule has 0 saturated heterocycles. The first-order chi connectivity index (χ1) is 9.28. The van der Waals surface area contributed by atoms with E-state index in [4.69, 9.17) is 0 Å². The van der Waals surface area contributed by atoms with E-state index >= 15 is 0 Å². The summed E-state index contributed by atoms with van der Waals surface area (Å²) in [6, 6.07) is 0.721. The molecule has 19 heavy (non-hydrogen) atoms. The fourth-order valence-electron chi connectivity index (χ4n) is 4.12. The molecule has 0 bridgehead atoms. The Hall–Kier alpha value is -0.0800. The van der Waals surface area contributed by atoms with Crippen LogP contribution in [0.2, 0.25) is 0 Å². The van der Waals surface area contributed by atoms with Crippen molar-refractivity contribution in [3.05, 3.63) is 0 Å². The van der Waals surface area contributed by atoms with E-state index in [2.05, 4.69) is 12.2 Å². The Morgan fingerprint density at radius 3 is 2.32 bits per heavy atom. The van der Waals surface area contributed by atoms with E-state index in [0.29, 0.717) is 6.61 Å². The van der Waals surface area contributed by atoms with Gasteiger partial charge in [-0.25, -0.2) is 0 Å². The zero-order valence-corrected chi connectivity index (χ0v) is 12.8. The van der Waals surface area contributed by atoms with E-state index in [9.17, 15) is 5.11 Å². The van der Waals surface area contributed by atoms with Gasteiger partial charge in [-0.05, 0) is 44.4 Å². The summed E-state index contributed by atoms with van der Waals surface area (Å²) in [4.78, 5) is 0. The molecule has 0 aromatic carbocycles. The summed E-state index contributed by atoms with van der Waals surface area (Å²) >= 11 is 0. The molecule has 0 aromatic rings. The molecule has 2 N–H and O–H groups in total. The fraction of sp³-hybridized carbons (Fsp3) is 1.00. The van der Waals surface area contributed by atoms with Crippen LogP contribution in [-0.4, -0.2) is 24.3 Å². The minimum absolute atomic E-state index is 0.207. The predicted octanol–water partition coefficient (Wildman–Crippen LogP) is 3.88. The minimum Gasteiger partial charge on any atom is -0.396 e. The van der Waals surface area contributed by atoms with Crippen LogP contribution < -0.4 is 5.32 Å². The van der Waals surface area contributed by atoms with Crippen molar-refractivity contribution in [2.75, 3.05) is 13.2 Å². The second-order valence-electron chi connectivity index (χ2n) is 7.11. The molecule has 112 valence electrons. The highest BCUT2D eigenvalue weighted by molar-refractivity contribution is 4.87. The average molecular weight is 267 g/mol. The molecule has 2 aliphatic rings. The first-order valence-electron chi connectivity index (χ1n) is 8.62. The summed E-state index contributed by atoms with van der Waals surface area (Å²) in [5, 5.41) is 13.5. The number of rotatable bonds is 6. The number of aliphatic hydroxyl groups excluding tert-OH is 1. The van der Waals surface area contributed by atoms with Crippen molar-refractivity contribution in [1.82, 2.24) is 5.32 Å². The Kier molecular flexibility index (Phi) is 6.15. The lowest BCUT2D eigenvalue weighted by atomic mass is 9.74. The van der Waals surface area contributed by atoms with Gasteiger partial charge in [-0.1, -0.05) is 39.0 Å². The lowest BCUT2D eigenvalue weighted by Gasteiger charge is -2.38. The van der Waals surface area contributed by atoms with Crippen LogP contribution in [0.5, 0.6) is 0 Å². The van der Waals surface area contributed by atoms with Gasteiger partial charge in [0.15, 0.2) is 0 Å². The normalized spacial score (nSPS) is 31.3. The van der Waals surface area contributed by atoms with Gasteiger partial charge in [-0.2, -0.15) is 0 Å². The summed E-state index contributed by atoms with van der Waals surface area (Å²) in [5.74, 6) is 0.990. The summed E-state index contributed by atoms with van der Waals surface area (Å²) in [6.07, 6.45) is 14.7. The van der Waals surface area contributed by atoms with Crippen molar-refractivity contribution in [3.63, 3.8) is 0 Å². The molecule has 0 unspecified atom stereocenters. The monoisotopic (exact) mass is 267 g/mol. The molecular weight excluding hydrogens is 234 g/mol. The van der Waals surface area contributed by atoms with E-state index in [-0.39, 0.29) is 5.41 Å². The van der Waals surface area contributed by atoms with Crippen molar-refractivity contribution < 1.29 is 5.11 Å². The number of aliphatic hydroxyl groups is 1. The maximum absolute atomic E-state index is 9.74. The summed E-state index contributed by atoms with van der Waals surface area (Å²) < 4.78 is 0. The first-order valence-corrected chi connectivity index (χ1v) is 8.62. The Morgan fingerprint density at radius 1 is 1.05 bits per heavy atom. The van der Waals surface area contributed by atoms with Crippen LogP contribution in [0.3, 0.4) is 0 Å². The second kappa shape index (κ2) is 7.64. The third-order valence-corrected chi connectivity index (χ3v) is 5.56. The smallest absolute Gasteiger partial charge is 0.0499 e. The van der Waals surface area contributed by atoms with Crippen LogP contribution in [0.1, 0.15) is 77.6 Å². The molecule has 0 radical (unpaired) electrons. The van der Waals surface area contributed by atoms with Gasteiger partial charge in [0, 0.05) is 24.6 Å². The van der Waals surface area contributed by atoms with E-state index in [1.165, 1.54) is 70.6 Å². The third kappa shape index (κ3) is 4.46. The Morgan fingerprint density at radius 2 is 1.74 bits per heavy atom. The average Bonchev–Trinajstić information content (AvgIpc) is 2.48. The minimum atomic E-state index is 0.207. The molecule has 0 aliphatic heterocycles. The number of hydrogen-bond acceptors (Lipinski definition) is 2. The largest absolute Gasteiger partial charge is 0.396 e. The summed E-state index contributed by atoms with van der Waals surface area (Å²) in [5.41, 5.74) is 0.207. The highest BCUT2D eigenvalue weighted by Gasteiger charge is 2.32. The van der Waals surface area contributed by atoms with Gasteiger partial charge in [0.05, 0.1) is 0 Å². The Labute approximate surface area is 119 Å². The van der Waals surface area contributed by atoms with Gasteiger partial charge in [-0.15, -0.1) is 0 Å². The molecule has 0 atom stereocenters. The molecule has 2 nitrogen and oxygen atoms in total. The molecule has 2 aliphatic carbocycles. The second-order valence-corrected chi connectivity index (χ2v) is 7.11. The van der Waals surface area contributed by atoms with Crippen molar-refractivity contribution in [2.24, 2.45) is 11.3 Å². The van der Waals surface area contributed by atoms with Gasteiger partial charge in [0.2, 0.25) is 0 Å². The van der Waals surface area contributed by atoms with Gasteiger partial charge < -0.3 is 10.4 Å². The Balaban J connectivity index is 1.70. The van der Waals surface area contributed by atoms with Gasteiger partial charge in [0.1, 0.15) is 0 Å². The predicted molar refractivity (Wildman–Crippen MR) is 81.3 cm³/mol. The molecule has 0 heterocycles. The van der Waals surface area contributed by atoms with Crippen LogP contribution in [-0.2, 0) is 0 Å². The van der Waals surface area contributed by atoms with E-state index in [1.54, 1.807) is 0 Å². The number of nitrogens with one attached hydrogen (secondary N) is 1. The van der Waals surface area contributed by atoms with Crippen LogP contribution in [0, 0.1) is 11.3 Å². The van der Waals surface area contributed by atoms with Crippen LogP contribution >= 0.6 is 0 Å². The molecule has 2 saturated carbocycles. The van der Waals surface area contributed by atoms with Crippen molar-refractivity contribution in [2.45, 2.75) is 83.6 Å². The maximum atomic E-state index is 9.74. The lowest BCUT2D eigenvalue weighted by molar-refractivity contribution is 0.0755. The molecule has 2 rings (SSSR count). The van der Waals surface area contributed by atoms with Crippen LogP contribution in [0.15, 0.2) is 0 Å². The zero-order chi connectivity index (χ0) is 13.6. The van der Waals surface area contributed by atoms with Gasteiger partial charge in [-0.3, -0.25) is 0 Å². The first kappa shape index (κ1) is 15.3. The molecule has 0 aromatic heterocycles. The van der Waals surface area contributed by atoms with Crippen LogP contribution in [0.4, 0.5) is 0 Å². The van der Waals surface area contributed by atoms with Crippen molar-refractivity contribution >= 4 is 0 Å². The summed E-state index contributed by atoms with van der Waals surface area (Å²) in [7, 11) is 0. The standard InChI is InChI=1S/C17H33NO/c1-2-6-15-7-9-16(10-8-15)18-13-17(14-19)11-4-3-5-12-17/h15-16,18-19H,2-14H2,1H3. The van der Waals surface area contributed by atoms with E-state index in [0.717, 1.165) is 18.5 Å². The Bertz CT molecular complexity index is 240. The van der Waals surface area contributed by atoms with E-state index < -0.39 is 0 Å². The van der Waals surface area contributed by atoms with E-state index in [1.807, 2.05) is 0 Å². The topological polar surface area (TPSA) is 32.3 Å². The van der Waals surface area contributed by atoms with Crippen molar-refractivity contribution in [3.8, 4) is 0 Å².